The van der Waals surface area contributed by atoms with Gasteiger partial charge in [-0.2, -0.15) is 0 Å². The number of rotatable bonds is 17. The van der Waals surface area contributed by atoms with E-state index in [0.29, 0.717) is 20.8 Å². The first kappa shape index (κ1) is 49.8. The minimum atomic E-state index is -1.39. The lowest BCUT2D eigenvalue weighted by molar-refractivity contribution is -0.154. The Hall–Kier alpha value is -7.19. The van der Waals surface area contributed by atoms with Gasteiger partial charge in [0.25, 0.3) is 11.8 Å². The maximum Gasteiger partial charge on any atom is 0.413 e. The van der Waals surface area contributed by atoms with Crippen LogP contribution in [-0.2, 0) is 41.3 Å². The second-order valence-electron chi connectivity index (χ2n) is 17.4. The lowest BCUT2D eigenvalue weighted by Gasteiger charge is -2.49. The van der Waals surface area contributed by atoms with Crippen LogP contribution in [0.3, 0.4) is 0 Å². The van der Waals surface area contributed by atoms with Crippen LogP contribution in [0.1, 0.15) is 60.4 Å². The van der Waals surface area contributed by atoms with Gasteiger partial charge in [0.05, 0.1) is 11.3 Å². The van der Waals surface area contributed by atoms with Crippen molar-refractivity contribution in [1.29, 1.82) is 0 Å². The summed E-state index contributed by atoms with van der Waals surface area (Å²) in [5.74, 6) is -1.67. The van der Waals surface area contributed by atoms with Crippen LogP contribution in [0.4, 0.5) is 9.93 Å². The van der Waals surface area contributed by atoms with Crippen molar-refractivity contribution in [1.82, 2.24) is 30.2 Å². The number of aromatic nitrogens is 4. The fourth-order valence-electron chi connectivity index (χ4n) is 8.03. The quantitative estimate of drug-likeness (QED) is 0.0168. The van der Waals surface area contributed by atoms with Crippen molar-refractivity contribution in [3.63, 3.8) is 0 Å². The number of fused-ring (bicyclic) bond motifs is 1. The van der Waals surface area contributed by atoms with E-state index < -0.39 is 52.6 Å². The second-order valence-corrected chi connectivity index (χ2v) is 21.7. The number of amides is 3. The molecule has 2 aliphatic rings. The number of hydrogen-bond acceptors (Lipinski definition) is 15. The number of esters is 1. The molecule has 3 amide bonds. The summed E-state index contributed by atoms with van der Waals surface area (Å²) in [4.78, 5) is 70.7. The van der Waals surface area contributed by atoms with E-state index in [0.717, 1.165) is 39.2 Å². The van der Waals surface area contributed by atoms with Gasteiger partial charge in [-0.15, -0.1) is 40.0 Å². The van der Waals surface area contributed by atoms with Gasteiger partial charge in [-0.3, -0.25) is 24.5 Å². The smallest absolute Gasteiger partial charge is 0.413 e. The summed E-state index contributed by atoms with van der Waals surface area (Å²) in [6.07, 6.45) is 0.280. The third kappa shape index (κ3) is 11.1. The number of thioether (sulfide) groups is 3. The maximum atomic E-state index is 15.0. The molecule has 4 heterocycles. The predicted octanol–water partition coefficient (Wildman–Crippen LogP) is 9.76. The maximum absolute atomic E-state index is 15.0. The summed E-state index contributed by atoms with van der Waals surface area (Å²) < 4.78 is 13.5. The molecule has 19 heteroatoms. The van der Waals surface area contributed by atoms with Crippen molar-refractivity contribution < 1.29 is 33.5 Å². The highest BCUT2D eigenvalue weighted by Crippen LogP contribution is 2.46. The number of carbonyl (C=O) groups excluding carboxylic acids is 4. The summed E-state index contributed by atoms with van der Waals surface area (Å²) in [7, 11) is 1.78. The van der Waals surface area contributed by atoms with Crippen LogP contribution in [0, 0.1) is 0 Å². The Kier molecular flexibility index (Phi) is 15.3. The molecule has 2 aliphatic heterocycles. The standard InChI is InChI=1S/C53H48N8O7S4/c1-52(2,3)67-51(65)56-50-54-39(31-70-50)42(58-68-53(36-24-14-7-15-25-36,37-26-16-8-17-27-37)38-28-18-9-19-29-38)46(62)55-43-47(63)61-44(40(32-69-48(43)61)71-33-72-41-30-60(4)59-57-41)49(64)66-45(34-20-10-5-11-21-34)35-22-12-6-13-23-35/h5-31,43,45,48H,32-33H2,1-4H3,(H,55,62)(H,54,56,65)/b58-42-/t43-,48-/m1/s1. The zero-order chi connectivity index (χ0) is 50.2. The van der Waals surface area contributed by atoms with Gasteiger partial charge in [0.2, 0.25) is 5.60 Å². The molecule has 1 saturated heterocycles. The van der Waals surface area contributed by atoms with Crippen LogP contribution in [0.15, 0.2) is 184 Å². The Balaban J connectivity index is 1.05. The Bertz CT molecular complexity index is 2960. The number of thiazole rings is 1. The van der Waals surface area contributed by atoms with E-state index in [1.165, 1.54) is 40.2 Å². The number of nitrogens with one attached hydrogen (secondary N) is 2. The molecule has 0 spiro atoms. The van der Waals surface area contributed by atoms with E-state index in [2.05, 4.69) is 31.1 Å². The highest BCUT2D eigenvalue weighted by molar-refractivity contribution is 8.18. The van der Waals surface area contributed by atoms with Crippen LogP contribution in [0.5, 0.6) is 0 Å². The third-order valence-corrected chi connectivity index (χ3v) is 15.6. The number of ether oxygens (including phenoxy) is 2. The Morgan fingerprint density at radius 2 is 1.36 bits per heavy atom. The van der Waals surface area contributed by atoms with Crippen LogP contribution < -0.4 is 10.6 Å². The van der Waals surface area contributed by atoms with Crippen molar-refractivity contribution in [2.75, 3.05) is 16.2 Å². The van der Waals surface area contributed by atoms with Crippen molar-refractivity contribution in [2.24, 2.45) is 12.2 Å². The molecule has 7 aromatic rings. The Morgan fingerprint density at radius 1 is 0.806 bits per heavy atom. The summed E-state index contributed by atoms with van der Waals surface area (Å²) in [6, 6.07) is 46.3. The average Bonchev–Trinajstić information content (AvgIpc) is 4.04. The lowest BCUT2D eigenvalue weighted by Crippen LogP contribution is -2.71. The normalized spacial score (nSPS) is 15.9. The molecule has 9 rings (SSSR count). The first-order valence-corrected chi connectivity index (χ1v) is 26.6. The molecule has 5 aromatic carbocycles. The summed E-state index contributed by atoms with van der Waals surface area (Å²) in [5.41, 5.74) is 1.38. The van der Waals surface area contributed by atoms with Crippen molar-refractivity contribution >= 4 is 81.3 Å². The van der Waals surface area contributed by atoms with Crippen LogP contribution in [-0.4, -0.2) is 82.3 Å². The largest absolute Gasteiger partial charge is 0.448 e. The van der Waals surface area contributed by atoms with Gasteiger partial charge in [-0.1, -0.05) is 174 Å². The molecule has 1 fully saturated rings. The van der Waals surface area contributed by atoms with Gasteiger partial charge < -0.3 is 19.6 Å². The number of aryl methyl sites for hydroxylation is 1. The average molecular weight is 1040 g/mol. The van der Waals surface area contributed by atoms with Gasteiger partial charge >= 0.3 is 12.1 Å². The monoisotopic (exact) mass is 1040 g/mol. The van der Waals surface area contributed by atoms with Crippen LogP contribution >= 0.6 is 46.6 Å². The fraction of sp³-hybridized carbons (Fsp3) is 0.208. The Labute approximate surface area is 432 Å². The number of benzene rings is 5. The minimum absolute atomic E-state index is 0.0582. The van der Waals surface area contributed by atoms with E-state index in [9.17, 15) is 19.2 Å². The first-order valence-electron chi connectivity index (χ1n) is 22.7. The molecule has 2 N–H and O–H groups in total. The number of carbonyl (C=O) groups is 4. The highest BCUT2D eigenvalue weighted by Gasteiger charge is 2.55. The molecule has 2 aromatic heterocycles. The molecule has 366 valence electrons. The van der Waals surface area contributed by atoms with Gasteiger partial charge in [0, 0.05) is 39.8 Å². The number of hydrogen-bond donors (Lipinski definition) is 2. The van der Waals surface area contributed by atoms with E-state index in [1.54, 1.807) is 44.1 Å². The van der Waals surface area contributed by atoms with E-state index in [-0.39, 0.29) is 22.2 Å². The first-order chi connectivity index (χ1) is 34.9. The Morgan fingerprint density at radius 3 is 1.89 bits per heavy atom. The second kappa shape index (κ2) is 22.1. The molecule has 0 unspecified atom stereocenters. The minimum Gasteiger partial charge on any atom is -0.448 e. The zero-order valence-electron chi connectivity index (χ0n) is 39.4. The third-order valence-electron chi connectivity index (χ3n) is 11.2. The van der Waals surface area contributed by atoms with Gasteiger partial charge in [-0.05, 0) is 31.9 Å². The van der Waals surface area contributed by atoms with Gasteiger partial charge in [-0.25, -0.2) is 14.6 Å². The molecular weight excluding hydrogens is 989 g/mol. The molecule has 15 nitrogen and oxygen atoms in total. The number of anilines is 1. The van der Waals surface area contributed by atoms with Crippen LogP contribution in [0.2, 0.25) is 0 Å². The van der Waals surface area contributed by atoms with Crippen molar-refractivity contribution in [3.05, 3.63) is 207 Å². The topological polar surface area (TPSA) is 179 Å². The lowest BCUT2D eigenvalue weighted by atomic mass is 9.80. The van der Waals surface area contributed by atoms with Crippen LogP contribution in [0.25, 0.3) is 0 Å². The van der Waals surface area contributed by atoms with E-state index in [1.807, 2.05) is 152 Å². The number of β-lactam (4-membered cyclic amide) rings is 1. The summed E-state index contributed by atoms with van der Waals surface area (Å²) >= 11 is 5.32. The molecule has 72 heavy (non-hydrogen) atoms. The van der Waals surface area contributed by atoms with Crippen molar-refractivity contribution in [3.8, 4) is 0 Å². The SMILES string of the molecule is Cn1cc(SCSC2=C(C(=O)OC(c3ccccc3)c3ccccc3)N3C(=O)[C@@H](NC(=O)/C(=N\OC(c4ccccc4)(c4ccccc4)c4ccccc4)c4csc(NC(=O)OC(C)(C)C)n4)[C@H]3SC2)nn1. The molecule has 0 aliphatic carbocycles. The summed E-state index contributed by atoms with van der Waals surface area (Å²) in [5, 5.41) is 20.6. The fourth-order valence-corrected chi connectivity index (χ4v) is 12.4. The van der Waals surface area contributed by atoms with E-state index >= 15 is 0 Å². The summed E-state index contributed by atoms with van der Waals surface area (Å²) in [6.45, 7) is 5.23. The number of oxime groups is 1. The van der Waals surface area contributed by atoms with Gasteiger partial charge in [0.1, 0.15) is 33.4 Å². The molecule has 2 atom stereocenters. The molecule has 0 radical (unpaired) electrons. The van der Waals surface area contributed by atoms with E-state index in [4.69, 9.17) is 14.3 Å². The predicted molar refractivity (Wildman–Crippen MR) is 281 cm³/mol. The van der Waals surface area contributed by atoms with Crippen molar-refractivity contribution in [2.45, 2.75) is 54.5 Å². The highest BCUT2D eigenvalue weighted by atomic mass is 32.2. The molecular formula is C53H48N8O7S4. The molecule has 0 saturated carbocycles. The number of nitrogens with zero attached hydrogens (tertiary/aromatic N) is 6. The zero-order valence-corrected chi connectivity index (χ0v) is 42.7. The van der Waals surface area contributed by atoms with Gasteiger partial charge in [0.15, 0.2) is 16.9 Å². The molecule has 0 bridgehead atoms.